The van der Waals surface area contributed by atoms with E-state index in [1.165, 1.54) is 0 Å². The first-order valence-electron chi connectivity index (χ1n) is 4.11. The van der Waals surface area contributed by atoms with Crippen LogP contribution in [-0.4, -0.2) is 25.7 Å². The molecular formula is C8H18O3S. The van der Waals surface area contributed by atoms with Gasteiger partial charge in [0.1, 0.15) is 5.94 Å². The first-order valence-corrected chi connectivity index (χ1v) is 5.76. The molecule has 0 aromatic carbocycles. The van der Waals surface area contributed by atoms with Gasteiger partial charge in [0.25, 0.3) is 0 Å². The Morgan fingerprint density at radius 1 is 1.25 bits per heavy atom. The lowest BCUT2D eigenvalue weighted by Gasteiger charge is -2.18. The zero-order chi connectivity index (χ0) is 9.83. The van der Waals surface area contributed by atoms with Crippen LogP contribution in [-0.2, 0) is 14.6 Å². The maximum atomic E-state index is 11.4. The highest BCUT2D eigenvalue weighted by molar-refractivity contribution is 7.92. The molecule has 12 heavy (non-hydrogen) atoms. The largest absolute Gasteiger partial charge is 0.366 e. The molecule has 74 valence electrons. The van der Waals surface area contributed by atoms with E-state index in [4.69, 9.17) is 4.74 Å². The summed E-state index contributed by atoms with van der Waals surface area (Å²) in [5.74, 6) is -0.162. The zero-order valence-corrected chi connectivity index (χ0v) is 9.07. The molecule has 0 aliphatic carbocycles. The maximum Gasteiger partial charge on any atom is 0.179 e. The quantitative estimate of drug-likeness (QED) is 0.638. The van der Waals surface area contributed by atoms with E-state index in [1.54, 1.807) is 20.8 Å². The van der Waals surface area contributed by atoms with E-state index in [0.29, 0.717) is 6.61 Å². The van der Waals surface area contributed by atoms with Crippen molar-refractivity contribution in [3.63, 3.8) is 0 Å². The van der Waals surface area contributed by atoms with Gasteiger partial charge in [-0.15, -0.1) is 0 Å². The molecule has 0 N–H and O–H groups in total. The van der Waals surface area contributed by atoms with Gasteiger partial charge in [-0.2, -0.15) is 0 Å². The molecular weight excluding hydrogens is 176 g/mol. The fourth-order valence-corrected chi connectivity index (χ4v) is 1.18. The lowest BCUT2D eigenvalue weighted by molar-refractivity contribution is 0.176. The Kier molecular flexibility index (Phi) is 4.20. The first-order chi connectivity index (χ1) is 5.31. The maximum absolute atomic E-state index is 11.4. The third-order valence-electron chi connectivity index (χ3n) is 1.52. The van der Waals surface area contributed by atoms with Gasteiger partial charge in [0.15, 0.2) is 9.84 Å². The molecule has 0 saturated heterocycles. The molecule has 0 aliphatic rings. The van der Waals surface area contributed by atoms with Gasteiger partial charge in [-0.1, -0.05) is 6.92 Å². The average Bonchev–Trinajstić information content (AvgIpc) is 1.85. The van der Waals surface area contributed by atoms with E-state index in [9.17, 15) is 8.42 Å². The molecule has 0 radical (unpaired) electrons. The van der Waals surface area contributed by atoms with Crippen molar-refractivity contribution in [2.75, 3.05) is 12.5 Å². The summed E-state index contributed by atoms with van der Waals surface area (Å²) >= 11 is 0. The zero-order valence-electron chi connectivity index (χ0n) is 8.25. The summed E-state index contributed by atoms with van der Waals surface area (Å²) in [7, 11) is -3.09. The minimum Gasteiger partial charge on any atom is -0.366 e. The summed E-state index contributed by atoms with van der Waals surface area (Å²) in [5, 5.41) is 0. The molecule has 0 amide bonds. The predicted octanol–water partition coefficient (Wildman–Crippen LogP) is 1.58. The Bertz CT molecular complexity index is 211. The minimum absolute atomic E-state index is 0.162. The van der Waals surface area contributed by atoms with Crippen LogP contribution in [0.5, 0.6) is 0 Å². The molecule has 0 atom stereocenters. The van der Waals surface area contributed by atoms with E-state index < -0.39 is 14.6 Å². The van der Waals surface area contributed by atoms with Crippen molar-refractivity contribution in [3.8, 4) is 0 Å². The highest BCUT2D eigenvalue weighted by Crippen LogP contribution is 2.15. The number of hydrogen-bond acceptors (Lipinski definition) is 3. The first kappa shape index (κ1) is 11.9. The second-order valence-electron chi connectivity index (χ2n) is 3.75. The normalized spacial score (nSPS) is 13.3. The lowest BCUT2D eigenvalue weighted by Crippen LogP contribution is -2.31. The van der Waals surface area contributed by atoms with Crippen molar-refractivity contribution in [1.29, 1.82) is 0 Å². The molecule has 0 bridgehead atoms. The summed E-state index contributed by atoms with van der Waals surface area (Å²) in [5.41, 5.74) is 0. The Morgan fingerprint density at radius 3 is 2.08 bits per heavy atom. The van der Waals surface area contributed by atoms with Crippen LogP contribution in [0.15, 0.2) is 0 Å². The van der Waals surface area contributed by atoms with Gasteiger partial charge in [0.2, 0.25) is 0 Å². The van der Waals surface area contributed by atoms with Crippen LogP contribution < -0.4 is 0 Å². The third kappa shape index (κ3) is 3.54. The van der Waals surface area contributed by atoms with Crippen LogP contribution in [0.4, 0.5) is 0 Å². The smallest absolute Gasteiger partial charge is 0.179 e. The van der Waals surface area contributed by atoms with E-state index in [2.05, 4.69) is 0 Å². The van der Waals surface area contributed by atoms with E-state index in [1.807, 2.05) is 6.92 Å². The molecule has 0 unspecified atom stereocenters. The monoisotopic (exact) mass is 194 g/mol. The summed E-state index contributed by atoms with van der Waals surface area (Å²) in [6.07, 6.45) is 0.847. The molecule has 0 heterocycles. The van der Waals surface area contributed by atoms with Gasteiger partial charge < -0.3 is 4.74 Å². The van der Waals surface area contributed by atoms with Crippen molar-refractivity contribution in [1.82, 2.24) is 0 Å². The topological polar surface area (TPSA) is 43.4 Å². The second-order valence-corrected chi connectivity index (χ2v) is 6.44. The van der Waals surface area contributed by atoms with E-state index >= 15 is 0 Å². The molecule has 0 aliphatic heterocycles. The highest BCUT2D eigenvalue weighted by Gasteiger charge is 2.28. The van der Waals surface area contributed by atoms with Gasteiger partial charge in [-0.3, -0.25) is 0 Å². The van der Waals surface area contributed by atoms with Crippen LogP contribution in [0, 0.1) is 0 Å². The van der Waals surface area contributed by atoms with Gasteiger partial charge in [0, 0.05) is 6.61 Å². The number of ether oxygens (including phenoxy) is 1. The van der Waals surface area contributed by atoms with Crippen molar-refractivity contribution in [2.24, 2.45) is 0 Å². The molecule has 0 rings (SSSR count). The van der Waals surface area contributed by atoms with Crippen LogP contribution in [0.25, 0.3) is 0 Å². The molecule has 3 nitrogen and oxygen atoms in total. The summed E-state index contributed by atoms with van der Waals surface area (Å²) < 4.78 is 27.1. The Balaban J connectivity index is 4.08. The number of rotatable bonds is 4. The van der Waals surface area contributed by atoms with Gasteiger partial charge in [0.05, 0.1) is 4.75 Å². The summed E-state index contributed by atoms with van der Waals surface area (Å²) in [4.78, 5) is 0. The van der Waals surface area contributed by atoms with Crippen molar-refractivity contribution in [3.05, 3.63) is 0 Å². The Hall–Kier alpha value is -0.0900. The molecule has 0 fully saturated rings. The SMILES string of the molecule is CCCOCS(=O)(=O)C(C)(C)C. The van der Waals surface area contributed by atoms with Crippen LogP contribution in [0.2, 0.25) is 0 Å². The Morgan fingerprint density at radius 2 is 1.75 bits per heavy atom. The van der Waals surface area contributed by atoms with E-state index in [0.717, 1.165) is 6.42 Å². The fraction of sp³-hybridized carbons (Fsp3) is 1.00. The fourth-order valence-electron chi connectivity index (χ4n) is 0.490. The van der Waals surface area contributed by atoms with Crippen LogP contribution in [0.1, 0.15) is 34.1 Å². The van der Waals surface area contributed by atoms with E-state index in [-0.39, 0.29) is 5.94 Å². The highest BCUT2D eigenvalue weighted by atomic mass is 32.2. The average molecular weight is 194 g/mol. The molecule has 0 aromatic heterocycles. The van der Waals surface area contributed by atoms with Gasteiger partial charge in [-0.05, 0) is 27.2 Å². The number of hydrogen-bond donors (Lipinski definition) is 0. The van der Waals surface area contributed by atoms with Crippen LogP contribution in [0.3, 0.4) is 0 Å². The predicted molar refractivity (Wildman–Crippen MR) is 49.8 cm³/mol. The molecule has 4 heteroatoms. The van der Waals surface area contributed by atoms with Crippen LogP contribution >= 0.6 is 0 Å². The molecule has 0 saturated carbocycles. The Labute approximate surface area is 75.0 Å². The summed E-state index contributed by atoms with van der Waals surface area (Å²) in [6, 6.07) is 0. The standard InChI is InChI=1S/C8H18O3S/c1-5-6-11-7-12(9,10)8(2,3)4/h5-7H2,1-4H3. The minimum atomic E-state index is -3.09. The summed E-state index contributed by atoms with van der Waals surface area (Å²) in [6.45, 7) is 7.49. The van der Waals surface area contributed by atoms with Gasteiger partial charge in [-0.25, -0.2) is 8.42 Å². The third-order valence-corrected chi connectivity index (χ3v) is 3.86. The molecule has 0 spiro atoms. The van der Waals surface area contributed by atoms with Gasteiger partial charge >= 0.3 is 0 Å². The molecule has 0 aromatic rings. The van der Waals surface area contributed by atoms with Crippen molar-refractivity contribution < 1.29 is 13.2 Å². The number of sulfone groups is 1. The second kappa shape index (κ2) is 4.23. The van der Waals surface area contributed by atoms with Crippen molar-refractivity contribution in [2.45, 2.75) is 38.9 Å². The van der Waals surface area contributed by atoms with Crippen molar-refractivity contribution >= 4 is 9.84 Å². The lowest BCUT2D eigenvalue weighted by atomic mass is 10.3.